The predicted molar refractivity (Wildman–Crippen MR) is 81.5 cm³/mol. The first-order chi connectivity index (χ1) is 9.56. The van der Waals surface area contributed by atoms with Gasteiger partial charge in [-0.25, -0.2) is 0 Å². The monoisotopic (exact) mass is 293 g/mol. The number of rotatable bonds is 5. The van der Waals surface area contributed by atoms with Gasteiger partial charge in [0.05, 0.1) is 24.5 Å². The zero-order valence-electron chi connectivity index (χ0n) is 12.3. The van der Waals surface area contributed by atoms with Crippen molar-refractivity contribution < 1.29 is 4.74 Å². The molecule has 0 fully saturated rings. The molecule has 20 heavy (non-hydrogen) atoms. The fourth-order valence-electron chi connectivity index (χ4n) is 2.41. The van der Waals surface area contributed by atoms with E-state index in [0.717, 1.165) is 29.2 Å². The van der Waals surface area contributed by atoms with Crippen LogP contribution in [0.3, 0.4) is 0 Å². The third-order valence-corrected chi connectivity index (χ3v) is 3.48. The summed E-state index contributed by atoms with van der Waals surface area (Å²) >= 11 is 6.14. The minimum absolute atomic E-state index is 0.000139. The van der Waals surface area contributed by atoms with E-state index in [0.29, 0.717) is 5.02 Å². The molecule has 1 unspecified atom stereocenters. The van der Waals surface area contributed by atoms with Crippen LogP contribution in [0.1, 0.15) is 29.9 Å². The molecule has 0 spiro atoms. The van der Waals surface area contributed by atoms with E-state index in [1.54, 1.807) is 7.11 Å². The molecule has 108 valence electrons. The molecule has 1 N–H and O–H groups in total. The van der Waals surface area contributed by atoms with Gasteiger partial charge in [-0.2, -0.15) is 5.10 Å². The fraction of sp³-hybridized carbons (Fsp3) is 0.400. The maximum Gasteiger partial charge on any atom is 0.124 e. The summed E-state index contributed by atoms with van der Waals surface area (Å²) < 4.78 is 7.36. The molecule has 5 heteroatoms. The molecule has 2 aromatic rings. The van der Waals surface area contributed by atoms with Gasteiger partial charge >= 0.3 is 0 Å². The van der Waals surface area contributed by atoms with Crippen LogP contribution in [0.4, 0.5) is 0 Å². The highest BCUT2D eigenvalue weighted by Crippen LogP contribution is 2.32. The summed E-state index contributed by atoms with van der Waals surface area (Å²) in [5, 5.41) is 8.59. The van der Waals surface area contributed by atoms with Crippen molar-refractivity contribution in [2.24, 2.45) is 7.05 Å². The van der Waals surface area contributed by atoms with Crippen molar-refractivity contribution in [1.29, 1.82) is 0 Å². The first kappa shape index (κ1) is 14.9. The number of nitrogens with zero attached hydrogens (tertiary/aromatic N) is 2. The van der Waals surface area contributed by atoms with Gasteiger partial charge in [0.2, 0.25) is 0 Å². The number of aryl methyl sites for hydroxylation is 2. The van der Waals surface area contributed by atoms with Crippen molar-refractivity contribution in [3.63, 3.8) is 0 Å². The number of aromatic nitrogens is 2. The molecule has 0 bridgehead atoms. The largest absolute Gasteiger partial charge is 0.496 e. The second-order valence-corrected chi connectivity index (χ2v) is 5.15. The molecule has 0 aliphatic heterocycles. The lowest BCUT2D eigenvalue weighted by Crippen LogP contribution is -2.24. The molecule has 0 radical (unpaired) electrons. The molecule has 0 aliphatic rings. The van der Waals surface area contributed by atoms with Crippen LogP contribution in [0, 0.1) is 6.92 Å². The molecule has 1 heterocycles. The molecule has 1 aromatic heterocycles. The van der Waals surface area contributed by atoms with Gasteiger partial charge in [0.25, 0.3) is 0 Å². The van der Waals surface area contributed by atoms with Crippen LogP contribution in [0.15, 0.2) is 24.3 Å². The average molecular weight is 294 g/mol. The van der Waals surface area contributed by atoms with Gasteiger partial charge < -0.3 is 10.1 Å². The van der Waals surface area contributed by atoms with Crippen LogP contribution in [0.2, 0.25) is 5.02 Å². The minimum Gasteiger partial charge on any atom is -0.496 e. The lowest BCUT2D eigenvalue weighted by atomic mass is 10.0. The van der Waals surface area contributed by atoms with Gasteiger partial charge in [0.1, 0.15) is 5.75 Å². The zero-order valence-corrected chi connectivity index (χ0v) is 13.0. The standard InChI is InChI=1S/C15H20ClN3O/c1-5-17-15(13-8-10(2)18-19(13)3)12-9-11(16)6-7-14(12)20-4/h6-9,15,17H,5H2,1-4H3. The predicted octanol–water partition coefficient (Wildman–Crippen LogP) is 3.09. The molecular weight excluding hydrogens is 274 g/mol. The highest BCUT2D eigenvalue weighted by Gasteiger charge is 2.21. The van der Waals surface area contributed by atoms with Gasteiger partial charge in [-0.3, -0.25) is 4.68 Å². The molecule has 2 rings (SSSR count). The van der Waals surface area contributed by atoms with Crippen LogP contribution in [0.5, 0.6) is 5.75 Å². The first-order valence-corrected chi connectivity index (χ1v) is 7.02. The van der Waals surface area contributed by atoms with Crippen molar-refractivity contribution in [3.05, 3.63) is 46.2 Å². The quantitative estimate of drug-likeness (QED) is 0.921. The number of halogens is 1. The molecule has 1 atom stereocenters. The summed E-state index contributed by atoms with van der Waals surface area (Å²) in [6, 6.07) is 7.75. The van der Waals surface area contributed by atoms with Crippen LogP contribution in [0.25, 0.3) is 0 Å². The van der Waals surface area contributed by atoms with Gasteiger partial charge in [-0.1, -0.05) is 18.5 Å². The molecule has 0 saturated carbocycles. The minimum atomic E-state index is -0.000139. The Balaban J connectivity index is 2.53. The van der Waals surface area contributed by atoms with E-state index in [4.69, 9.17) is 16.3 Å². The van der Waals surface area contributed by atoms with Gasteiger partial charge in [0, 0.05) is 17.6 Å². The van der Waals surface area contributed by atoms with E-state index >= 15 is 0 Å². The summed E-state index contributed by atoms with van der Waals surface area (Å²) in [6.07, 6.45) is 0. The van der Waals surface area contributed by atoms with Crippen molar-refractivity contribution in [2.75, 3.05) is 13.7 Å². The summed E-state index contributed by atoms with van der Waals surface area (Å²) in [7, 11) is 3.62. The maximum atomic E-state index is 6.14. The summed E-state index contributed by atoms with van der Waals surface area (Å²) in [6.45, 7) is 4.90. The fourth-order valence-corrected chi connectivity index (χ4v) is 2.59. The summed E-state index contributed by atoms with van der Waals surface area (Å²) in [5.74, 6) is 0.819. The van der Waals surface area contributed by atoms with E-state index in [2.05, 4.69) is 23.4 Å². The first-order valence-electron chi connectivity index (χ1n) is 6.64. The number of hydrogen-bond donors (Lipinski definition) is 1. The van der Waals surface area contributed by atoms with Gasteiger partial charge in [-0.05, 0) is 37.7 Å². The summed E-state index contributed by atoms with van der Waals surface area (Å²) in [5.41, 5.74) is 3.10. The Bertz CT molecular complexity index is 595. The van der Waals surface area contributed by atoms with E-state index < -0.39 is 0 Å². The van der Waals surface area contributed by atoms with E-state index in [9.17, 15) is 0 Å². The Morgan fingerprint density at radius 3 is 2.70 bits per heavy atom. The maximum absolute atomic E-state index is 6.14. The third-order valence-electron chi connectivity index (χ3n) is 3.24. The molecule has 0 saturated heterocycles. The second kappa shape index (κ2) is 6.29. The number of benzene rings is 1. The number of methoxy groups -OCH3 is 1. The SMILES string of the molecule is CCNC(c1cc(Cl)ccc1OC)c1cc(C)nn1C. The van der Waals surface area contributed by atoms with Crippen LogP contribution >= 0.6 is 11.6 Å². The molecular formula is C15H20ClN3O. The molecule has 1 aromatic carbocycles. The Morgan fingerprint density at radius 2 is 2.15 bits per heavy atom. The number of hydrogen-bond acceptors (Lipinski definition) is 3. The van der Waals surface area contributed by atoms with Gasteiger partial charge in [0.15, 0.2) is 0 Å². The summed E-state index contributed by atoms with van der Waals surface area (Å²) in [4.78, 5) is 0. The van der Waals surface area contributed by atoms with Crippen molar-refractivity contribution >= 4 is 11.6 Å². The van der Waals surface area contributed by atoms with E-state index in [1.807, 2.05) is 36.9 Å². The van der Waals surface area contributed by atoms with Gasteiger partial charge in [-0.15, -0.1) is 0 Å². The Labute approximate surface area is 124 Å². The Morgan fingerprint density at radius 1 is 1.40 bits per heavy atom. The number of ether oxygens (including phenoxy) is 1. The van der Waals surface area contributed by atoms with Crippen LogP contribution < -0.4 is 10.1 Å². The van der Waals surface area contributed by atoms with Crippen LogP contribution in [-0.2, 0) is 7.05 Å². The Kier molecular flexibility index (Phi) is 4.68. The van der Waals surface area contributed by atoms with Crippen molar-refractivity contribution in [2.45, 2.75) is 19.9 Å². The smallest absolute Gasteiger partial charge is 0.124 e. The molecule has 4 nitrogen and oxygen atoms in total. The normalized spacial score (nSPS) is 12.4. The van der Waals surface area contributed by atoms with Crippen molar-refractivity contribution in [3.8, 4) is 5.75 Å². The average Bonchev–Trinajstić information content (AvgIpc) is 2.75. The highest BCUT2D eigenvalue weighted by atomic mass is 35.5. The molecule has 0 amide bonds. The Hall–Kier alpha value is -1.52. The van der Waals surface area contributed by atoms with E-state index in [1.165, 1.54) is 0 Å². The molecule has 0 aliphatic carbocycles. The number of nitrogens with one attached hydrogen (secondary N) is 1. The third kappa shape index (κ3) is 2.97. The van der Waals surface area contributed by atoms with Crippen LogP contribution in [-0.4, -0.2) is 23.4 Å². The lowest BCUT2D eigenvalue weighted by Gasteiger charge is -2.21. The highest BCUT2D eigenvalue weighted by molar-refractivity contribution is 6.30. The van der Waals surface area contributed by atoms with Crippen molar-refractivity contribution in [1.82, 2.24) is 15.1 Å². The zero-order chi connectivity index (χ0) is 14.7. The lowest BCUT2D eigenvalue weighted by molar-refractivity contribution is 0.403. The second-order valence-electron chi connectivity index (χ2n) is 4.71. The topological polar surface area (TPSA) is 39.1 Å². The van der Waals surface area contributed by atoms with E-state index in [-0.39, 0.29) is 6.04 Å².